The molecule has 2 heterocycles. The third-order valence-electron chi connectivity index (χ3n) is 2.53. The Morgan fingerprint density at radius 2 is 2.00 bits per heavy atom. The first-order chi connectivity index (χ1) is 8.78. The van der Waals surface area contributed by atoms with Gasteiger partial charge in [0.15, 0.2) is 0 Å². The number of phenolic OH excluding ortho intramolecular Hbond substituents is 1. The Kier molecular flexibility index (Phi) is 3.21. The number of phenols is 1. The van der Waals surface area contributed by atoms with Crippen LogP contribution in [-0.4, -0.2) is 21.0 Å². The normalized spacial score (nSPS) is 11.1. The zero-order valence-electron chi connectivity index (χ0n) is 9.17. The Labute approximate surface area is 119 Å². The summed E-state index contributed by atoms with van der Waals surface area (Å²) in [5, 5.41) is 18.1. The average Bonchev–Trinajstić information content (AvgIpc) is 2.81. The molecule has 18 heavy (non-hydrogen) atoms. The fourth-order valence-corrected chi connectivity index (χ4v) is 4.05. The van der Waals surface area contributed by atoms with Crippen molar-refractivity contribution in [2.75, 3.05) is 0 Å². The van der Waals surface area contributed by atoms with E-state index in [1.165, 1.54) is 2.88 Å². The van der Waals surface area contributed by atoms with E-state index in [4.69, 9.17) is 5.70 Å². The molecule has 0 aliphatic heterocycles. The number of fused-ring (bicyclic) bond motifs is 1. The Morgan fingerprint density at radius 3 is 2.78 bits per heavy atom. The third kappa shape index (κ3) is 2.10. The van der Waals surface area contributed by atoms with Gasteiger partial charge in [-0.05, 0) is 0 Å². The number of benzene rings is 1. The number of halogens is 1. The van der Waals surface area contributed by atoms with Gasteiger partial charge < -0.3 is 0 Å². The number of para-hydroxylation sites is 1. The quantitative estimate of drug-likeness (QED) is 0.488. The fourth-order valence-electron chi connectivity index (χ4n) is 1.68. The third-order valence-corrected chi connectivity index (χ3v) is 5.57. The minimum atomic E-state index is -0.409. The van der Waals surface area contributed by atoms with Crippen molar-refractivity contribution in [2.24, 2.45) is 0 Å². The molecular formula is C12H7BIN2OS-. The molecule has 0 unspecified atom stereocenters. The van der Waals surface area contributed by atoms with E-state index >= 15 is 0 Å². The summed E-state index contributed by atoms with van der Waals surface area (Å²) in [6, 6.07) is 11.1. The first-order valence-electron chi connectivity index (χ1n) is 5.17. The predicted octanol–water partition coefficient (Wildman–Crippen LogP) is -0.594. The topological polar surface area (TPSA) is 46.0 Å². The van der Waals surface area contributed by atoms with Gasteiger partial charge in [0.25, 0.3) is 0 Å². The minimum absolute atomic E-state index is 0.217. The zero-order chi connectivity index (χ0) is 12.5. The number of nitrogens with zero attached hydrogens (tertiary/aromatic N) is 2. The number of thiophene rings is 1. The van der Waals surface area contributed by atoms with Crippen molar-refractivity contribution in [3.8, 4) is 17.0 Å². The van der Waals surface area contributed by atoms with Crippen LogP contribution in [-0.2, 0) is 0 Å². The van der Waals surface area contributed by atoms with Gasteiger partial charge in [0.05, 0.1) is 0 Å². The molecule has 0 amide bonds. The van der Waals surface area contributed by atoms with Crippen LogP contribution in [0.1, 0.15) is 0 Å². The van der Waals surface area contributed by atoms with Gasteiger partial charge in [-0.1, -0.05) is 0 Å². The number of aromatic hydroxyl groups is 1. The van der Waals surface area contributed by atoms with Gasteiger partial charge in [-0.2, -0.15) is 0 Å². The van der Waals surface area contributed by atoms with Crippen LogP contribution in [0.25, 0.3) is 21.5 Å². The summed E-state index contributed by atoms with van der Waals surface area (Å²) in [6.07, 6.45) is 0. The van der Waals surface area contributed by atoms with E-state index in [9.17, 15) is 5.11 Å². The monoisotopic (exact) mass is 365 g/mol. The summed E-state index contributed by atoms with van der Waals surface area (Å²) in [6.45, 7) is 0. The number of hydrogen-bond donors (Lipinski definition) is 1. The van der Waals surface area contributed by atoms with Crippen LogP contribution in [0.3, 0.4) is 0 Å². The van der Waals surface area contributed by atoms with Crippen molar-refractivity contribution in [1.29, 1.82) is 0 Å². The molecule has 3 aromatic rings. The number of hydrogen-bond acceptors (Lipinski definition) is 4. The Balaban J connectivity index is 2.16. The van der Waals surface area contributed by atoms with Gasteiger partial charge in [-0.15, -0.1) is 0 Å². The average molecular weight is 365 g/mol. The second-order valence-corrected chi connectivity index (χ2v) is 7.26. The van der Waals surface area contributed by atoms with E-state index in [0.717, 1.165) is 10.2 Å². The molecule has 1 aromatic carbocycles. The fraction of sp³-hybridized carbons (Fsp3) is 0. The predicted molar refractivity (Wildman–Crippen MR) is 69.0 cm³/mol. The van der Waals surface area contributed by atoms with E-state index in [2.05, 4.69) is 10.2 Å². The van der Waals surface area contributed by atoms with Crippen LogP contribution in [0.5, 0.6) is 5.75 Å². The van der Waals surface area contributed by atoms with Crippen LogP contribution in [0, 0.1) is 2.88 Å². The molecule has 0 saturated carbocycles. The molecule has 1 N–H and O–H groups in total. The first kappa shape index (κ1) is 11.9. The molecular weight excluding hydrogens is 358 g/mol. The first-order valence-corrected chi connectivity index (χ1v) is 8.31. The molecule has 0 atom stereocenters. The summed E-state index contributed by atoms with van der Waals surface area (Å²) in [5.74, 6) is 0.217. The van der Waals surface area contributed by atoms with E-state index in [0.29, 0.717) is 11.3 Å². The number of aromatic nitrogens is 2. The molecule has 0 bridgehead atoms. The van der Waals surface area contributed by atoms with Crippen LogP contribution < -0.4 is 21.0 Å². The molecule has 0 aliphatic carbocycles. The Hall–Kier alpha value is -1.15. The van der Waals surface area contributed by atoms with Crippen molar-refractivity contribution in [3.05, 3.63) is 39.3 Å². The van der Waals surface area contributed by atoms with Gasteiger partial charge in [-0.3, -0.25) is 0 Å². The summed E-state index contributed by atoms with van der Waals surface area (Å²) < 4.78 is 2.25. The standard InChI is InChI=1S/C12H7BIN2OS/c13-14-12-6-9-11(18-12)5-8(15-16-9)7-3-1-2-4-10(7)17/h1-6,17H/q-1. The van der Waals surface area contributed by atoms with Gasteiger partial charge in [0, 0.05) is 0 Å². The van der Waals surface area contributed by atoms with Gasteiger partial charge in [0.1, 0.15) is 0 Å². The van der Waals surface area contributed by atoms with Crippen LogP contribution in [0.4, 0.5) is 0 Å². The number of rotatable bonds is 2. The second-order valence-electron chi connectivity index (χ2n) is 3.66. The summed E-state index contributed by atoms with van der Waals surface area (Å²) in [5.41, 5.74) is 7.98. The summed E-state index contributed by atoms with van der Waals surface area (Å²) >= 11 is 1.24. The van der Waals surface area contributed by atoms with Crippen LogP contribution in [0.2, 0.25) is 0 Å². The maximum atomic E-state index is 9.81. The zero-order valence-corrected chi connectivity index (χ0v) is 12.1. The molecule has 0 saturated heterocycles. The molecule has 3 nitrogen and oxygen atoms in total. The van der Waals surface area contributed by atoms with Gasteiger partial charge in [-0.25, -0.2) is 0 Å². The Morgan fingerprint density at radius 1 is 1.17 bits per heavy atom. The van der Waals surface area contributed by atoms with Crippen molar-refractivity contribution in [2.45, 2.75) is 0 Å². The van der Waals surface area contributed by atoms with E-state index in [-0.39, 0.29) is 5.75 Å². The molecule has 2 radical (unpaired) electrons. The van der Waals surface area contributed by atoms with Gasteiger partial charge >= 0.3 is 120 Å². The SMILES string of the molecule is [B][I-]c1cc2nnc(-c3ccccc3O)cc2s1. The van der Waals surface area contributed by atoms with Crippen LogP contribution in [0.15, 0.2) is 36.4 Å². The van der Waals surface area contributed by atoms with Crippen molar-refractivity contribution in [3.63, 3.8) is 0 Å². The molecule has 2 aromatic heterocycles. The van der Waals surface area contributed by atoms with E-state index in [1.807, 2.05) is 24.3 Å². The molecule has 0 fully saturated rings. The maximum absolute atomic E-state index is 9.81. The van der Waals surface area contributed by atoms with Crippen molar-refractivity contribution >= 4 is 27.3 Å². The van der Waals surface area contributed by atoms with Crippen molar-refractivity contribution in [1.82, 2.24) is 10.2 Å². The molecule has 6 heteroatoms. The van der Waals surface area contributed by atoms with Gasteiger partial charge in [0.2, 0.25) is 0 Å². The van der Waals surface area contributed by atoms with E-state index in [1.54, 1.807) is 23.5 Å². The Bertz CT molecular complexity index is 716. The molecule has 0 aliphatic rings. The molecule has 0 spiro atoms. The molecule has 3 rings (SSSR count). The summed E-state index contributed by atoms with van der Waals surface area (Å²) in [7, 11) is 0. The summed E-state index contributed by atoms with van der Waals surface area (Å²) in [4.78, 5) is 0. The second kappa shape index (κ2) is 4.85. The molecule has 88 valence electrons. The van der Waals surface area contributed by atoms with E-state index < -0.39 is 21.0 Å². The van der Waals surface area contributed by atoms with Crippen molar-refractivity contribution < 1.29 is 26.1 Å². The van der Waals surface area contributed by atoms with Crippen LogP contribution >= 0.6 is 11.3 Å².